The predicted octanol–water partition coefficient (Wildman–Crippen LogP) is 3.03. The number of amides is 1. The number of nitrogens with one attached hydrogen (secondary N) is 1. The van der Waals surface area contributed by atoms with E-state index in [2.05, 4.69) is 22.1 Å². The van der Waals surface area contributed by atoms with Crippen LogP contribution in [0.2, 0.25) is 0 Å². The zero-order valence-electron chi connectivity index (χ0n) is 20.8. The maximum absolute atomic E-state index is 13.5. The molecule has 1 amide bonds. The Balaban J connectivity index is 1.32. The predicted molar refractivity (Wildman–Crippen MR) is 132 cm³/mol. The van der Waals surface area contributed by atoms with Gasteiger partial charge in [0.15, 0.2) is 0 Å². The first-order chi connectivity index (χ1) is 16.8. The molecule has 0 radical (unpaired) electrons. The van der Waals surface area contributed by atoms with Crippen molar-refractivity contribution in [2.45, 2.75) is 68.9 Å². The fourth-order valence-electron chi connectivity index (χ4n) is 9.22. The number of aromatic nitrogens is 2. The fourth-order valence-corrected chi connectivity index (χ4v) is 9.22. The van der Waals surface area contributed by atoms with Crippen molar-refractivity contribution in [2.24, 2.45) is 24.3 Å². The number of phenolic OH excluding ortho intramolecular Hbond substituents is 1. The third-order valence-electron chi connectivity index (χ3n) is 10.7. The van der Waals surface area contributed by atoms with Crippen molar-refractivity contribution in [3.8, 4) is 5.75 Å². The van der Waals surface area contributed by atoms with Gasteiger partial charge in [-0.1, -0.05) is 6.07 Å². The zero-order chi connectivity index (χ0) is 24.1. The molecule has 2 heterocycles. The second kappa shape index (κ2) is 7.25. The van der Waals surface area contributed by atoms with Gasteiger partial charge in [0.2, 0.25) is 0 Å². The van der Waals surface area contributed by atoms with Gasteiger partial charge >= 0.3 is 0 Å². The Bertz CT molecular complexity index is 1260. The number of carbonyl (C=O) groups is 1. The van der Waals surface area contributed by atoms with E-state index in [0.29, 0.717) is 17.7 Å². The third-order valence-corrected chi connectivity index (χ3v) is 10.7. The lowest BCUT2D eigenvalue weighted by atomic mass is 9.43. The van der Waals surface area contributed by atoms with Gasteiger partial charge in [0.05, 0.1) is 0 Å². The molecule has 4 aliphatic carbocycles. The van der Waals surface area contributed by atoms with Gasteiger partial charge in [0.25, 0.3) is 11.5 Å². The number of aromatic amines is 1. The lowest BCUT2D eigenvalue weighted by Crippen LogP contribution is -2.70. The number of benzene rings is 1. The lowest BCUT2D eigenvalue weighted by molar-refractivity contribution is -0.104. The number of H-pyrrole nitrogens is 1. The minimum Gasteiger partial charge on any atom is -0.508 e. The Labute approximate surface area is 206 Å². The van der Waals surface area contributed by atoms with E-state index in [1.54, 1.807) is 17.9 Å². The van der Waals surface area contributed by atoms with E-state index in [0.717, 1.165) is 44.6 Å². The summed E-state index contributed by atoms with van der Waals surface area (Å²) in [5.41, 5.74) is 2.86. The van der Waals surface area contributed by atoms with E-state index in [1.165, 1.54) is 36.9 Å². The molecule has 7 heteroatoms. The summed E-state index contributed by atoms with van der Waals surface area (Å²) in [6.07, 6.45) is 10.9. The van der Waals surface area contributed by atoms with E-state index in [9.17, 15) is 14.7 Å². The van der Waals surface area contributed by atoms with Crippen LogP contribution in [0.5, 0.6) is 5.75 Å². The van der Waals surface area contributed by atoms with Crippen LogP contribution in [0.4, 0.5) is 0 Å². The summed E-state index contributed by atoms with van der Waals surface area (Å²) < 4.78 is 1.56. The molecule has 2 aromatic rings. The number of piperidine rings is 1. The number of hydrogen-bond acceptors (Lipinski definition) is 4. The molecule has 186 valence electrons. The maximum atomic E-state index is 13.5. The van der Waals surface area contributed by atoms with Crippen LogP contribution in [0, 0.1) is 17.3 Å². The summed E-state index contributed by atoms with van der Waals surface area (Å²) in [4.78, 5) is 30.6. The van der Waals surface area contributed by atoms with Crippen LogP contribution in [0.25, 0.3) is 0 Å². The first-order valence-corrected chi connectivity index (χ1v) is 13.4. The molecule has 1 saturated heterocycles. The number of rotatable bonds is 4. The van der Waals surface area contributed by atoms with E-state index in [-0.39, 0.29) is 33.9 Å². The number of hydrogen-bond donors (Lipinski definition) is 2. The molecule has 7 rings (SSSR count). The number of phenols is 1. The van der Waals surface area contributed by atoms with Crippen molar-refractivity contribution >= 4 is 5.91 Å². The topological polar surface area (TPSA) is 81.6 Å². The number of nitrogens with zero attached hydrogens (tertiary/aromatic N) is 3. The van der Waals surface area contributed by atoms with Crippen molar-refractivity contribution in [3.63, 3.8) is 0 Å². The molecule has 7 nitrogen and oxygen atoms in total. The minimum atomic E-state index is -0.319. The van der Waals surface area contributed by atoms with Crippen LogP contribution in [0.1, 0.15) is 66.4 Å². The molecular formula is C28H36N4O3. The van der Waals surface area contributed by atoms with Gasteiger partial charge in [-0.2, -0.15) is 0 Å². The van der Waals surface area contributed by atoms with Gasteiger partial charge in [0.1, 0.15) is 11.3 Å². The third kappa shape index (κ3) is 2.82. The van der Waals surface area contributed by atoms with Crippen LogP contribution < -0.4 is 5.56 Å². The molecule has 4 fully saturated rings. The number of aromatic hydroxyl groups is 1. The van der Waals surface area contributed by atoms with Gasteiger partial charge in [-0.3, -0.25) is 24.3 Å². The highest BCUT2D eigenvalue weighted by atomic mass is 16.3. The summed E-state index contributed by atoms with van der Waals surface area (Å²) in [5, 5.41) is 13.3. The highest BCUT2D eigenvalue weighted by Gasteiger charge is 2.71. The molecular weight excluding hydrogens is 440 g/mol. The maximum Gasteiger partial charge on any atom is 0.276 e. The SMILES string of the molecule is CN(C(=O)c1cn(C)[nH]c1=O)C1CCC23CCC1C21CCN(CC2CC2)C3Cc2ccc(O)cc21. The highest BCUT2D eigenvalue weighted by molar-refractivity contribution is 5.93. The van der Waals surface area contributed by atoms with Gasteiger partial charge < -0.3 is 10.0 Å². The van der Waals surface area contributed by atoms with E-state index in [1.807, 2.05) is 18.0 Å². The second-order valence-electron chi connectivity index (χ2n) is 12.1. The van der Waals surface area contributed by atoms with Crippen LogP contribution >= 0.6 is 0 Å². The number of likely N-dealkylation sites (tertiary alicyclic amines) is 1. The van der Waals surface area contributed by atoms with Crippen molar-refractivity contribution in [3.05, 3.63) is 51.4 Å². The smallest absolute Gasteiger partial charge is 0.276 e. The molecule has 4 bridgehead atoms. The Morgan fingerprint density at radius 1 is 1.20 bits per heavy atom. The second-order valence-corrected chi connectivity index (χ2v) is 12.1. The zero-order valence-corrected chi connectivity index (χ0v) is 20.8. The first kappa shape index (κ1) is 21.7. The average molecular weight is 477 g/mol. The van der Waals surface area contributed by atoms with Gasteiger partial charge in [0, 0.05) is 44.3 Å². The molecule has 1 aromatic heterocycles. The first-order valence-electron chi connectivity index (χ1n) is 13.4. The van der Waals surface area contributed by atoms with Crippen LogP contribution in [0.3, 0.4) is 0 Å². The number of aryl methyl sites for hydroxylation is 1. The molecule has 2 N–H and O–H groups in total. The van der Waals surface area contributed by atoms with E-state index >= 15 is 0 Å². The van der Waals surface area contributed by atoms with Gasteiger partial charge in [-0.05, 0) is 98.4 Å². The number of fused-ring (bicyclic) bond motifs is 1. The lowest BCUT2D eigenvalue weighted by Gasteiger charge is -2.67. The summed E-state index contributed by atoms with van der Waals surface area (Å²) in [7, 11) is 3.64. The van der Waals surface area contributed by atoms with Gasteiger partial charge in [-0.25, -0.2) is 0 Å². The quantitative estimate of drug-likeness (QED) is 0.711. The molecule has 5 aliphatic rings. The van der Waals surface area contributed by atoms with Crippen LogP contribution in [-0.2, 0) is 18.9 Å². The number of carbonyl (C=O) groups excluding carboxylic acids is 1. The van der Waals surface area contributed by atoms with E-state index in [4.69, 9.17) is 0 Å². The standard InChI is InChI=1S/C28H36N4O3/c1-30-16-20(25(34)29-30)26(35)31(2)23-8-10-27-9-7-21(23)28(27)11-12-32(15-17-3-4-17)24(27)13-18-5-6-19(33)14-22(18)28/h5-6,14,16-17,21,23-24,33H,3-4,7-13,15H2,1-2H3,(H,29,34). The van der Waals surface area contributed by atoms with Crippen molar-refractivity contribution in [1.29, 1.82) is 0 Å². The van der Waals surface area contributed by atoms with Crippen molar-refractivity contribution < 1.29 is 9.90 Å². The summed E-state index contributed by atoms with van der Waals surface area (Å²) >= 11 is 0. The van der Waals surface area contributed by atoms with Crippen molar-refractivity contribution in [2.75, 3.05) is 20.1 Å². The Kier molecular flexibility index (Phi) is 4.50. The Hall–Kier alpha value is -2.54. The normalized spacial score (nSPS) is 35.4. The largest absolute Gasteiger partial charge is 0.508 e. The van der Waals surface area contributed by atoms with E-state index < -0.39 is 0 Å². The minimum absolute atomic E-state index is 0.00932. The average Bonchev–Trinajstić information content (AvgIpc) is 3.54. The molecule has 1 aromatic carbocycles. The Morgan fingerprint density at radius 2 is 2.00 bits per heavy atom. The molecule has 0 spiro atoms. The summed E-state index contributed by atoms with van der Waals surface area (Å²) in [6, 6.07) is 6.73. The van der Waals surface area contributed by atoms with Crippen LogP contribution in [0.15, 0.2) is 29.2 Å². The molecule has 5 atom stereocenters. The van der Waals surface area contributed by atoms with Crippen LogP contribution in [-0.4, -0.2) is 62.8 Å². The molecule has 1 aliphatic heterocycles. The molecule has 35 heavy (non-hydrogen) atoms. The molecule has 3 saturated carbocycles. The fraction of sp³-hybridized carbons (Fsp3) is 0.643. The van der Waals surface area contributed by atoms with Gasteiger partial charge in [-0.15, -0.1) is 0 Å². The Morgan fingerprint density at radius 3 is 2.74 bits per heavy atom. The van der Waals surface area contributed by atoms with Crippen molar-refractivity contribution in [1.82, 2.24) is 19.6 Å². The monoisotopic (exact) mass is 476 g/mol. The summed E-state index contributed by atoms with van der Waals surface area (Å²) in [6.45, 7) is 2.34. The highest BCUT2D eigenvalue weighted by Crippen LogP contribution is 2.72. The molecule has 5 unspecified atom stereocenters. The summed E-state index contributed by atoms with van der Waals surface area (Å²) in [5.74, 6) is 1.40.